The van der Waals surface area contributed by atoms with E-state index in [4.69, 9.17) is 11.3 Å². The highest BCUT2D eigenvalue weighted by atomic mass is 16.5. The molecule has 0 fully saturated rings. The van der Waals surface area contributed by atoms with Gasteiger partial charge in [-0.2, -0.15) is 15.8 Å². The van der Waals surface area contributed by atoms with Gasteiger partial charge >= 0.3 is 5.97 Å². The molecule has 2 aliphatic carbocycles. The Bertz CT molecular complexity index is 1610. The Morgan fingerprint density at radius 2 is 1.49 bits per heavy atom. The fraction of sp³-hybridized carbons (Fsp3) is 0.459. The lowest BCUT2D eigenvalue weighted by molar-refractivity contribution is -0.130. The number of nitrogens with one attached hydrogen (secondary N) is 1. The van der Waals surface area contributed by atoms with Gasteiger partial charge in [0.05, 0.1) is 29.9 Å². The van der Waals surface area contributed by atoms with Crippen LogP contribution < -0.4 is 10.1 Å². The molecule has 1 aromatic carbocycles. The first-order valence-corrected chi connectivity index (χ1v) is 15.4. The lowest BCUT2D eigenvalue weighted by Crippen LogP contribution is -2.32. The van der Waals surface area contributed by atoms with E-state index in [1.807, 2.05) is 24.3 Å². The summed E-state index contributed by atoms with van der Waals surface area (Å²) in [6.07, 6.45) is 7.86. The van der Waals surface area contributed by atoms with Gasteiger partial charge in [-0.1, -0.05) is 70.7 Å². The SMILES string of the molecule is [C-]#[N+]/C(C#N)=C1\CC(C)(C)CC(NCCCCCCCC2=C(C#N)C(=C(C#N)C#N)CC(C)(C)C2)=C1C(=O)Oc1ccccc1. The standard InChI is InChI=1S/C37H40N6O2/c1-36(2)18-26(31(24-40)29(19-36)27(22-38)23-39)14-10-7-6-8-13-17-43-32-21-37(3,4)20-30(33(25-41)42-5)34(32)35(44)45-28-15-11-9-12-16-28/h9,11-12,15-16,43H,6-8,10,13-14,17-21H2,1-4H3/b33-30+. The third-order valence-corrected chi connectivity index (χ3v) is 8.21. The Morgan fingerprint density at radius 3 is 2.11 bits per heavy atom. The van der Waals surface area contributed by atoms with E-state index in [1.54, 1.807) is 24.3 Å². The second-order valence-electron chi connectivity index (χ2n) is 13.3. The van der Waals surface area contributed by atoms with Gasteiger partial charge in [0.2, 0.25) is 0 Å². The Morgan fingerprint density at radius 1 is 0.867 bits per heavy atom. The first-order valence-electron chi connectivity index (χ1n) is 15.4. The lowest BCUT2D eigenvalue weighted by Gasteiger charge is -2.35. The number of rotatable bonds is 11. The van der Waals surface area contributed by atoms with Gasteiger partial charge in [-0.3, -0.25) is 0 Å². The number of ether oxygens (including phenoxy) is 1. The van der Waals surface area contributed by atoms with Crippen LogP contribution >= 0.6 is 0 Å². The van der Waals surface area contributed by atoms with Crippen LogP contribution in [0.3, 0.4) is 0 Å². The zero-order chi connectivity index (χ0) is 33.0. The Labute approximate surface area is 267 Å². The van der Waals surface area contributed by atoms with Crippen molar-refractivity contribution in [1.29, 1.82) is 21.0 Å². The maximum atomic E-state index is 13.4. The van der Waals surface area contributed by atoms with Gasteiger partial charge in [0, 0.05) is 12.2 Å². The molecule has 0 aromatic heterocycles. The minimum Gasteiger partial charge on any atom is -0.423 e. The molecule has 0 unspecified atom stereocenters. The summed E-state index contributed by atoms with van der Waals surface area (Å²) in [4.78, 5) is 16.9. The second-order valence-corrected chi connectivity index (χ2v) is 13.3. The van der Waals surface area contributed by atoms with Gasteiger partial charge in [-0.25, -0.2) is 14.9 Å². The van der Waals surface area contributed by atoms with E-state index in [1.165, 1.54) is 0 Å². The van der Waals surface area contributed by atoms with Crippen LogP contribution in [0.4, 0.5) is 0 Å². The summed E-state index contributed by atoms with van der Waals surface area (Å²) in [5, 5.41) is 41.8. The van der Waals surface area contributed by atoms with Crippen LogP contribution in [-0.4, -0.2) is 12.5 Å². The van der Waals surface area contributed by atoms with Crippen molar-refractivity contribution in [1.82, 2.24) is 5.32 Å². The van der Waals surface area contributed by atoms with Crippen LogP contribution in [0.1, 0.15) is 91.9 Å². The van der Waals surface area contributed by atoms with Crippen LogP contribution in [0.2, 0.25) is 0 Å². The first-order chi connectivity index (χ1) is 21.5. The van der Waals surface area contributed by atoms with E-state index < -0.39 is 5.97 Å². The molecule has 0 heterocycles. The van der Waals surface area contributed by atoms with E-state index in [0.717, 1.165) is 50.5 Å². The van der Waals surface area contributed by atoms with Gasteiger partial charge < -0.3 is 10.1 Å². The Kier molecular flexibility index (Phi) is 11.9. The number of benzene rings is 1. The molecule has 1 aromatic rings. The summed E-state index contributed by atoms with van der Waals surface area (Å²) in [6.45, 7) is 16.5. The van der Waals surface area contributed by atoms with Crippen molar-refractivity contribution in [2.75, 3.05) is 6.54 Å². The molecule has 0 amide bonds. The van der Waals surface area contributed by atoms with E-state index in [9.17, 15) is 25.8 Å². The van der Waals surface area contributed by atoms with Gasteiger partial charge in [-0.15, -0.1) is 0 Å². The predicted octanol–water partition coefficient (Wildman–Crippen LogP) is 8.28. The van der Waals surface area contributed by atoms with Crippen molar-refractivity contribution in [3.05, 3.63) is 86.6 Å². The number of para-hydroxylation sites is 1. The number of hydrogen-bond acceptors (Lipinski definition) is 7. The summed E-state index contributed by atoms with van der Waals surface area (Å²) < 4.78 is 5.66. The van der Waals surface area contributed by atoms with E-state index >= 15 is 0 Å². The highest BCUT2D eigenvalue weighted by molar-refractivity contribution is 5.96. The summed E-state index contributed by atoms with van der Waals surface area (Å²) in [7, 11) is 0. The highest BCUT2D eigenvalue weighted by Crippen LogP contribution is 2.45. The molecular weight excluding hydrogens is 560 g/mol. The number of allylic oxidation sites excluding steroid dienone is 6. The summed E-state index contributed by atoms with van der Waals surface area (Å²) in [5.41, 5.74) is 3.16. The minimum atomic E-state index is -0.572. The van der Waals surface area contributed by atoms with Crippen LogP contribution in [-0.2, 0) is 4.79 Å². The molecule has 45 heavy (non-hydrogen) atoms. The number of hydrogen-bond donors (Lipinski definition) is 1. The average Bonchev–Trinajstić information content (AvgIpc) is 2.99. The summed E-state index contributed by atoms with van der Waals surface area (Å²) >= 11 is 0. The molecular formula is C37H40N6O2. The van der Waals surface area contributed by atoms with Crippen molar-refractivity contribution in [3.63, 3.8) is 0 Å². The van der Waals surface area contributed by atoms with Crippen LogP contribution in [0.25, 0.3) is 4.85 Å². The van der Waals surface area contributed by atoms with Gasteiger partial charge in [0.1, 0.15) is 23.5 Å². The predicted molar refractivity (Wildman–Crippen MR) is 171 cm³/mol. The highest BCUT2D eigenvalue weighted by Gasteiger charge is 2.36. The second kappa shape index (κ2) is 15.6. The van der Waals surface area contributed by atoms with Crippen molar-refractivity contribution in [3.8, 4) is 30.0 Å². The van der Waals surface area contributed by atoms with Gasteiger partial charge in [-0.05, 0) is 79.1 Å². The van der Waals surface area contributed by atoms with E-state index in [0.29, 0.717) is 54.0 Å². The number of esters is 1. The smallest absolute Gasteiger partial charge is 0.344 e. The van der Waals surface area contributed by atoms with Crippen LogP contribution in [0.5, 0.6) is 5.75 Å². The van der Waals surface area contributed by atoms with Crippen molar-refractivity contribution >= 4 is 5.97 Å². The Balaban J connectivity index is 1.65. The molecule has 0 saturated heterocycles. The quantitative estimate of drug-likeness (QED) is 0.0886. The van der Waals surface area contributed by atoms with E-state index in [-0.39, 0.29) is 27.7 Å². The molecule has 0 bridgehead atoms. The molecule has 0 spiro atoms. The molecule has 8 heteroatoms. The van der Waals surface area contributed by atoms with Crippen molar-refractivity contribution < 1.29 is 9.53 Å². The van der Waals surface area contributed by atoms with Crippen LogP contribution in [0, 0.1) is 62.7 Å². The molecule has 0 aliphatic heterocycles. The molecule has 230 valence electrons. The monoisotopic (exact) mass is 600 g/mol. The maximum Gasteiger partial charge on any atom is 0.344 e. The summed E-state index contributed by atoms with van der Waals surface area (Å²) in [6, 6.07) is 17.0. The molecule has 0 saturated carbocycles. The maximum absolute atomic E-state index is 13.4. The largest absolute Gasteiger partial charge is 0.423 e. The van der Waals surface area contributed by atoms with Crippen molar-refractivity contribution in [2.24, 2.45) is 10.8 Å². The minimum absolute atomic E-state index is 0.0397. The molecule has 0 radical (unpaired) electrons. The number of carbonyl (C=O) groups excluding carboxylic acids is 1. The molecule has 1 N–H and O–H groups in total. The zero-order valence-corrected chi connectivity index (χ0v) is 26.7. The fourth-order valence-electron chi connectivity index (χ4n) is 6.26. The van der Waals surface area contributed by atoms with Gasteiger partial charge in [0.15, 0.2) is 0 Å². The third kappa shape index (κ3) is 9.19. The first kappa shape index (κ1) is 34.4. The van der Waals surface area contributed by atoms with Gasteiger partial charge in [0.25, 0.3) is 5.70 Å². The average molecular weight is 601 g/mol. The number of unbranched alkanes of at least 4 members (excludes halogenated alkanes) is 4. The zero-order valence-electron chi connectivity index (χ0n) is 26.7. The summed E-state index contributed by atoms with van der Waals surface area (Å²) in [5.74, 6) is -0.172. The number of nitriles is 4. The topological polar surface area (TPSA) is 138 Å². The fourth-order valence-corrected chi connectivity index (χ4v) is 6.26. The number of nitrogens with zero attached hydrogens (tertiary/aromatic N) is 5. The van der Waals surface area contributed by atoms with Crippen molar-refractivity contribution in [2.45, 2.75) is 91.9 Å². The van der Waals surface area contributed by atoms with E-state index in [2.05, 4.69) is 43.9 Å². The normalized spacial score (nSPS) is 18.0. The molecule has 0 atom stereocenters. The molecule has 2 aliphatic rings. The lowest BCUT2D eigenvalue weighted by atomic mass is 9.70. The van der Waals surface area contributed by atoms with Crippen LogP contribution in [0.15, 0.2) is 75.2 Å². The molecule has 8 nitrogen and oxygen atoms in total. The third-order valence-electron chi connectivity index (χ3n) is 8.21. The number of carbonyl (C=O) groups is 1. The Hall–Kier alpha value is -5.10. The molecule has 3 rings (SSSR count).